The minimum atomic E-state index is 0.161. The summed E-state index contributed by atoms with van der Waals surface area (Å²) in [5.74, 6) is 5.22. The highest BCUT2D eigenvalue weighted by molar-refractivity contribution is 7.07. The van der Waals surface area contributed by atoms with E-state index in [4.69, 9.17) is 5.84 Å². The molecule has 12 heavy (non-hydrogen) atoms. The maximum absolute atomic E-state index is 5.22. The van der Waals surface area contributed by atoms with Crippen LogP contribution in [0.15, 0.2) is 10.5 Å². The molecule has 1 rings (SSSR count). The van der Waals surface area contributed by atoms with Gasteiger partial charge in [0.1, 0.15) is 0 Å². The van der Waals surface area contributed by atoms with E-state index in [1.165, 1.54) is 5.69 Å². The number of nitrogens with zero attached hydrogens (tertiary/aromatic N) is 2. The van der Waals surface area contributed by atoms with Gasteiger partial charge in [-0.3, -0.25) is 0 Å². The number of hydrogen-bond donors (Lipinski definition) is 1. The van der Waals surface area contributed by atoms with E-state index >= 15 is 0 Å². The quantitative estimate of drug-likeness (QED) is 0.478. The van der Waals surface area contributed by atoms with Crippen molar-refractivity contribution in [1.82, 2.24) is 4.57 Å². The van der Waals surface area contributed by atoms with Gasteiger partial charge in [-0.1, -0.05) is 20.8 Å². The van der Waals surface area contributed by atoms with Gasteiger partial charge >= 0.3 is 0 Å². The van der Waals surface area contributed by atoms with Crippen LogP contribution in [0.2, 0.25) is 0 Å². The Morgan fingerprint density at radius 1 is 1.50 bits per heavy atom. The van der Waals surface area contributed by atoms with Crippen molar-refractivity contribution in [2.45, 2.75) is 26.2 Å². The maximum Gasteiger partial charge on any atom is 0.207 e. The van der Waals surface area contributed by atoms with Crippen LogP contribution in [0.5, 0.6) is 0 Å². The molecule has 1 aromatic heterocycles. The number of thiazole rings is 1. The number of rotatable bonds is 0. The van der Waals surface area contributed by atoms with E-state index in [0.29, 0.717) is 0 Å². The standard InChI is InChI=1S/C8H15N3S/c1-8(2,3)6-5-12-7(10-9)11(6)4/h5H,9H2,1-4H3. The third kappa shape index (κ3) is 1.53. The fourth-order valence-corrected chi connectivity index (χ4v) is 2.21. The van der Waals surface area contributed by atoms with E-state index in [1.807, 2.05) is 11.6 Å². The van der Waals surface area contributed by atoms with Crippen molar-refractivity contribution in [3.8, 4) is 0 Å². The van der Waals surface area contributed by atoms with Crippen molar-refractivity contribution < 1.29 is 0 Å². The zero-order valence-corrected chi connectivity index (χ0v) is 8.77. The summed E-state index contributed by atoms with van der Waals surface area (Å²) in [7, 11) is 1.99. The normalized spacial score (nSPS) is 13.8. The highest BCUT2D eigenvalue weighted by Gasteiger charge is 2.17. The van der Waals surface area contributed by atoms with Crippen molar-refractivity contribution in [2.75, 3.05) is 0 Å². The number of aromatic nitrogens is 1. The Hall–Kier alpha value is -0.770. The van der Waals surface area contributed by atoms with E-state index in [1.54, 1.807) is 11.3 Å². The highest BCUT2D eigenvalue weighted by Crippen LogP contribution is 2.21. The van der Waals surface area contributed by atoms with Crippen molar-refractivity contribution >= 4 is 11.3 Å². The van der Waals surface area contributed by atoms with Crippen LogP contribution in [0.3, 0.4) is 0 Å². The Morgan fingerprint density at radius 3 is 2.33 bits per heavy atom. The smallest absolute Gasteiger partial charge is 0.207 e. The van der Waals surface area contributed by atoms with Gasteiger partial charge in [-0.15, -0.1) is 11.3 Å². The molecule has 0 unspecified atom stereocenters. The average Bonchev–Trinajstić information content (AvgIpc) is 2.29. The van der Waals surface area contributed by atoms with Crippen molar-refractivity contribution in [1.29, 1.82) is 0 Å². The van der Waals surface area contributed by atoms with Crippen molar-refractivity contribution in [3.63, 3.8) is 0 Å². The van der Waals surface area contributed by atoms with Gasteiger partial charge in [0.15, 0.2) is 0 Å². The third-order valence-electron chi connectivity index (χ3n) is 1.80. The number of hydrogen-bond acceptors (Lipinski definition) is 3. The first kappa shape index (κ1) is 9.32. The first-order chi connectivity index (χ1) is 5.46. The highest BCUT2D eigenvalue weighted by atomic mass is 32.1. The van der Waals surface area contributed by atoms with Crippen LogP contribution in [0.1, 0.15) is 26.5 Å². The molecule has 1 heterocycles. The van der Waals surface area contributed by atoms with E-state index < -0.39 is 0 Å². The molecule has 0 saturated heterocycles. The molecule has 0 atom stereocenters. The molecule has 0 aliphatic carbocycles. The summed E-state index contributed by atoms with van der Waals surface area (Å²) in [5, 5.41) is 5.79. The third-order valence-corrected chi connectivity index (χ3v) is 2.73. The lowest BCUT2D eigenvalue weighted by molar-refractivity contribution is 0.537. The molecule has 4 heteroatoms. The molecule has 0 spiro atoms. The van der Waals surface area contributed by atoms with E-state index in [2.05, 4.69) is 31.3 Å². The van der Waals surface area contributed by atoms with Crippen molar-refractivity contribution in [2.24, 2.45) is 18.0 Å². The second-order valence-electron chi connectivity index (χ2n) is 3.84. The topological polar surface area (TPSA) is 43.3 Å². The Kier molecular flexibility index (Phi) is 2.28. The van der Waals surface area contributed by atoms with Gasteiger partial charge in [0.05, 0.1) is 0 Å². The second-order valence-corrected chi connectivity index (χ2v) is 4.68. The molecular weight excluding hydrogens is 170 g/mol. The fourth-order valence-electron chi connectivity index (χ4n) is 1.17. The number of nitrogens with two attached hydrogens (primary N) is 1. The summed E-state index contributed by atoms with van der Waals surface area (Å²) in [6.45, 7) is 6.53. The molecule has 0 aliphatic heterocycles. The molecule has 0 radical (unpaired) electrons. The molecule has 0 saturated carbocycles. The average molecular weight is 185 g/mol. The van der Waals surface area contributed by atoms with E-state index in [9.17, 15) is 0 Å². The lowest BCUT2D eigenvalue weighted by Gasteiger charge is -2.18. The Bertz CT molecular complexity index is 327. The van der Waals surface area contributed by atoms with E-state index in [0.717, 1.165) is 4.80 Å². The van der Waals surface area contributed by atoms with Crippen LogP contribution >= 0.6 is 11.3 Å². The lowest BCUT2D eigenvalue weighted by Crippen LogP contribution is -2.22. The summed E-state index contributed by atoms with van der Waals surface area (Å²) in [6.07, 6.45) is 0. The fraction of sp³-hybridized carbons (Fsp3) is 0.625. The van der Waals surface area contributed by atoms with Crippen LogP contribution in [0.25, 0.3) is 0 Å². The van der Waals surface area contributed by atoms with Gasteiger partial charge < -0.3 is 10.4 Å². The molecular formula is C8H15N3S. The van der Waals surface area contributed by atoms with Gasteiger partial charge in [0.25, 0.3) is 0 Å². The molecule has 0 bridgehead atoms. The molecule has 3 nitrogen and oxygen atoms in total. The largest absolute Gasteiger partial charge is 0.322 e. The summed E-state index contributed by atoms with van der Waals surface area (Å²) in [6, 6.07) is 0. The first-order valence-electron chi connectivity index (χ1n) is 3.85. The van der Waals surface area contributed by atoms with Crippen LogP contribution in [0.4, 0.5) is 0 Å². The zero-order valence-electron chi connectivity index (χ0n) is 7.96. The first-order valence-corrected chi connectivity index (χ1v) is 4.73. The van der Waals surface area contributed by atoms with Gasteiger partial charge in [-0.05, 0) is 0 Å². The van der Waals surface area contributed by atoms with Crippen LogP contribution < -0.4 is 10.6 Å². The molecule has 0 amide bonds. The predicted octanol–water partition coefficient (Wildman–Crippen LogP) is 1.16. The summed E-state index contributed by atoms with van der Waals surface area (Å²) in [5.41, 5.74) is 1.42. The lowest BCUT2D eigenvalue weighted by atomic mass is 9.93. The van der Waals surface area contributed by atoms with Gasteiger partial charge in [0.2, 0.25) is 4.80 Å². The van der Waals surface area contributed by atoms with Crippen molar-refractivity contribution in [3.05, 3.63) is 15.9 Å². The van der Waals surface area contributed by atoms with Crippen LogP contribution in [-0.4, -0.2) is 4.57 Å². The van der Waals surface area contributed by atoms with Gasteiger partial charge in [0, 0.05) is 23.5 Å². The minimum absolute atomic E-state index is 0.161. The molecule has 0 aromatic carbocycles. The zero-order chi connectivity index (χ0) is 9.35. The molecule has 68 valence electrons. The second kappa shape index (κ2) is 2.94. The predicted molar refractivity (Wildman–Crippen MR) is 51.7 cm³/mol. The Labute approximate surface area is 76.5 Å². The van der Waals surface area contributed by atoms with E-state index in [-0.39, 0.29) is 5.41 Å². The minimum Gasteiger partial charge on any atom is -0.322 e. The summed E-state index contributed by atoms with van der Waals surface area (Å²) in [4.78, 5) is 0.861. The molecule has 0 aliphatic rings. The van der Waals surface area contributed by atoms with Gasteiger partial charge in [-0.25, -0.2) is 0 Å². The molecule has 2 N–H and O–H groups in total. The molecule has 0 fully saturated rings. The van der Waals surface area contributed by atoms with Crippen LogP contribution in [-0.2, 0) is 12.5 Å². The Morgan fingerprint density at radius 2 is 2.08 bits per heavy atom. The summed E-state index contributed by atoms with van der Waals surface area (Å²) < 4.78 is 2.03. The van der Waals surface area contributed by atoms with Gasteiger partial charge in [-0.2, -0.15) is 5.10 Å². The monoisotopic (exact) mass is 185 g/mol. The summed E-state index contributed by atoms with van der Waals surface area (Å²) >= 11 is 1.57. The SMILES string of the molecule is Cn1c(C(C)(C)C)csc1=NN. The Balaban J connectivity index is 3.30. The van der Waals surface area contributed by atoms with Crippen LogP contribution in [0, 0.1) is 0 Å². The maximum atomic E-state index is 5.22. The molecule has 1 aromatic rings.